The largest absolute Gasteiger partial charge is 0.493 e. The fourth-order valence-corrected chi connectivity index (χ4v) is 5.21. The lowest BCUT2D eigenvalue weighted by Gasteiger charge is -2.13. The Morgan fingerprint density at radius 1 is 1.15 bits per heavy atom. The lowest BCUT2D eigenvalue weighted by Crippen LogP contribution is -2.15. The second-order valence-electron chi connectivity index (χ2n) is 7.82. The minimum atomic E-state index is -0.426. The Bertz CT molecular complexity index is 1180. The summed E-state index contributed by atoms with van der Waals surface area (Å²) in [4.78, 5) is 26.6. The summed E-state index contributed by atoms with van der Waals surface area (Å²) in [7, 11) is 2.87. The summed E-state index contributed by atoms with van der Waals surface area (Å²) in [6.07, 6.45) is 3.82. The maximum atomic E-state index is 13.0. The average molecular weight is 471 g/mol. The van der Waals surface area contributed by atoms with Crippen LogP contribution in [0, 0.1) is 13.8 Å². The number of nitrogens with one attached hydrogen (secondary N) is 1. The Morgan fingerprint density at radius 2 is 1.94 bits per heavy atom. The highest BCUT2D eigenvalue weighted by atomic mass is 32.1. The van der Waals surface area contributed by atoms with Crippen LogP contribution in [0.4, 0.5) is 5.00 Å². The van der Waals surface area contributed by atoms with Gasteiger partial charge < -0.3 is 24.1 Å². The second-order valence-corrected chi connectivity index (χ2v) is 8.92. The van der Waals surface area contributed by atoms with E-state index in [2.05, 4.69) is 10.5 Å². The van der Waals surface area contributed by atoms with Gasteiger partial charge in [0.25, 0.3) is 5.91 Å². The van der Waals surface area contributed by atoms with Crippen molar-refractivity contribution >= 4 is 28.2 Å². The third-order valence-electron chi connectivity index (χ3n) is 5.77. The third kappa shape index (κ3) is 4.59. The zero-order chi connectivity index (χ0) is 23.5. The van der Waals surface area contributed by atoms with E-state index in [4.69, 9.17) is 18.7 Å². The van der Waals surface area contributed by atoms with Gasteiger partial charge in [0.2, 0.25) is 0 Å². The smallest absolute Gasteiger partial charge is 0.341 e. The predicted molar refractivity (Wildman–Crippen MR) is 124 cm³/mol. The highest BCUT2D eigenvalue weighted by molar-refractivity contribution is 7.17. The van der Waals surface area contributed by atoms with Crippen molar-refractivity contribution in [2.24, 2.45) is 0 Å². The zero-order valence-corrected chi connectivity index (χ0v) is 19.9. The lowest BCUT2D eigenvalue weighted by molar-refractivity contribution is 0.0601. The molecule has 0 unspecified atom stereocenters. The molecule has 1 aliphatic carbocycles. The van der Waals surface area contributed by atoms with Crippen LogP contribution in [0.2, 0.25) is 0 Å². The number of hydrogen-bond acceptors (Lipinski definition) is 8. The number of carbonyl (C=O) groups excluding carboxylic acids is 2. The van der Waals surface area contributed by atoms with Crippen LogP contribution in [0.15, 0.2) is 22.7 Å². The molecule has 0 fully saturated rings. The average Bonchev–Trinajstić information content (AvgIpc) is 3.35. The number of fused-ring (bicyclic) bond motifs is 1. The van der Waals surface area contributed by atoms with Crippen molar-refractivity contribution in [2.45, 2.75) is 46.1 Å². The van der Waals surface area contributed by atoms with E-state index >= 15 is 0 Å². The van der Waals surface area contributed by atoms with Crippen molar-refractivity contribution in [2.75, 3.05) is 19.5 Å². The fraction of sp³-hybridized carbons (Fsp3) is 0.375. The fourth-order valence-electron chi connectivity index (χ4n) is 3.93. The molecule has 1 aromatic carbocycles. The number of methoxy groups -OCH3 is 2. The molecule has 0 atom stereocenters. The molecule has 0 spiro atoms. The van der Waals surface area contributed by atoms with Crippen LogP contribution in [-0.2, 0) is 24.2 Å². The van der Waals surface area contributed by atoms with Crippen LogP contribution in [0.3, 0.4) is 0 Å². The SMILES string of the molecule is COC(=O)c1c(NC(=O)c2ccc(OCc3c(C)noc3C)c(OC)c2)sc2c1CCCC2. The van der Waals surface area contributed by atoms with E-state index in [1.165, 1.54) is 25.6 Å². The molecule has 174 valence electrons. The Morgan fingerprint density at radius 3 is 2.64 bits per heavy atom. The summed E-state index contributed by atoms with van der Waals surface area (Å²) in [6.45, 7) is 3.95. The van der Waals surface area contributed by atoms with Gasteiger partial charge >= 0.3 is 5.97 Å². The van der Waals surface area contributed by atoms with Crippen molar-refractivity contribution < 1.29 is 28.3 Å². The van der Waals surface area contributed by atoms with Crippen molar-refractivity contribution in [1.82, 2.24) is 5.16 Å². The molecule has 1 N–H and O–H groups in total. The maximum Gasteiger partial charge on any atom is 0.341 e. The number of esters is 1. The van der Waals surface area contributed by atoms with Crippen LogP contribution in [-0.4, -0.2) is 31.3 Å². The second kappa shape index (κ2) is 9.66. The van der Waals surface area contributed by atoms with Crippen molar-refractivity contribution in [3.63, 3.8) is 0 Å². The molecule has 0 radical (unpaired) electrons. The summed E-state index contributed by atoms with van der Waals surface area (Å²) in [5, 5.41) is 7.35. The number of thiophene rings is 1. The number of anilines is 1. The Balaban J connectivity index is 1.54. The molecular weight excluding hydrogens is 444 g/mol. The Hall–Kier alpha value is -3.33. The van der Waals surface area contributed by atoms with Crippen molar-refractivity contribution in [1.29, 1.82) is 0 Å². The number of hydrogen-bond donors (Lipinski definition) is 1. The highest BCUT2D eigenvalue weighted by Crippen LogP contribution is 2.39. The first-order valence-electron chi connectivity index (χ1n) is 10.7. The first kappa shape index (κ1) is 22.8. The standard InChI is InChI=1S/C24H26N2O6S/c1-13-17(14(2)32-26-13)12-31-18-10-9-15(11-19(18)29-3)22(27)25-23-21(24(28)30-4)16-7-5-6-8-20(16)33-23/h9-11H,5-8,12H2,1-4H3,(H,25,27). The van der Waals surface area contributed by atoms with Gasteiger partial charge in [-0.25, -0.2) is 4.79 Å². The van der Waals surface area contributed by atoms with Crippen LogP contribution in [0.25, 0.3) is 0 Å². The summed E-state index contributed by atoms with van der Waals surface area (Å²) in [5.74, 6) is 0.853. The summed E-state index contributed by atoms with van der Waals surface area (Å²) >= 11 is 1.45. The van der Waals surface area contributed by atoms with Crippen LogP contribution in [0.5, 0.6) is 11.5 Å². The van der Waals surface area contributed by atoms with Crippen molar-refractivity contribution in [3.05, 3.63) is 56.8 Å². The maximum absolute atomic E-state index is 13.0. The molecule has 3 aromatic rings. The topological polar surface area (TPSA) is 99.9 Å². The molecule has 1 aliphatic rings. The number of ether oxygens (including phenoxy) is 3. The molecule has 0 bridgehead atoms. The molecule has 0 saturated heterocycles. The van der Waals surface area contributed by atoms with E-state index in [1.807, 2.05) is 13.8 Å². The zero-order valence-electron chi connectivity index (χ0n) is 19.1. The van der Waals surface area contributed by atoms with Gasteiger partial charge in [0, 0.05) is 10.4 Å². The quantitative estimate of drug-likeness (QED) is 0.492. The Labute approximate surface area is 195 Å². The van der Waals surface area contributed by atoms with Gasteiger partial charge in [-0.2, -0.15) is 0 Å². The summed E-state index contributed by atoms with van der Waals surface area (Å²) in [6, 6.07) is 4.96. The van der Waals surface area contributed by atoms with Gasteiger partial charge in [-0.15, -0.1) is 11.3 Å². The van der Waals surface area contributed by atoms with Gasteiger partial charge in [-0.3, -0.25) is 4.79 Å². The minimum Gasteiger partial charge on any atom is -0.493 e. The van der Waals surface area contributed by atoms with E-state index < -0.39 is 5.97 Å². The normalized spacial score (nSPS) is 12.7. The van der Waals surface area contributed by atoms with Gasteiger partial charge in [-0.05, 0) is 63.3 Å². The highest BCUT2D eigenvalue weighted by Gasteiger charge is 2.27. The van der Waals surface area contributed by atoms with E-state index in [-0.39, 0.29) is 12.5 Å². The molecule has 33 heavy (non-hydrogen) atoms. The number of rotatable bonds is 7. The van der Waals surface area contributed by atoms with E-state index in [0.717, 1.165) is 47.4 Å². The van der Waals surface area contributed by atoms with E-state index in [0.29, 0.717) is 33.4 Å². The number of carbonyl (C=O) groups is 2. The monoisotopic (exact) mass is 470 g/mol. The van der Waals surface area contributed by atoms with Gasteiger partial charge in [-0.1, -0.05) is 5.16 Å². The molecule has 2 aromatic heterocycles. The number of nitrogens with zero attached hydrogens (tertiary/aromatic N) is 1. The van der Waals surface area contributed by atoms with Crippen LogP contribution < -0.4 is 14.8 Å². The first-order valence-corrected chi connectivity index (χ1v) is 11.5. The Kier molecular flexibility index (Phi) is 6.69. The first-order chi connectivity index (χ1) is 15.9. The van der Waals surface area contributed by atoms with Gasteiger partial charge in [0.15, 0.2) is 11.5 Å². The molecule has 1 amide bonds. The number of aryl methyl sites for hydroxylation is 3. The van der Waals surface area contributed by atoms with E-state index in [1.54, 1.807) is 18.2 Å². The minimum absolute atomic E-state index is 0.270. The molecule has 9 heteroatoms. The molecule has 8 nitrogen and oxygen atoms in total. The molecule has 0 saturated carbocycles. The third-order valence-corrected chi connectivity index (χ3v) is 6.97. The van der Waals surface area contributed by atoms with Gasteiger partial charge in [0.05, 0.1) is 31.0 Å². The van der Waals surface area contributed by atoms with Crippen molar-refractivity contribution in [3.8, 4) is 11.5 Å². The number of amides is 1. The summed E-state index contributed by atoms with van der Waals surface area (Å²) < 4.78 is 21.5. The predicted octanol–water partition coefficient (Wildman–Crippen LogP) is 4.86. The number of aromatic nitrogens is 1. The number of benzene rings is 1. The molecular formula is C24H26N2O6S. The molecule has 0 aliphatic heterocycles. The van der Waals surface area contributed by atoms with E-state index in [9.17, 15) is 9.59 Å². The van der Waals surface area contributed by atoms with Crippen LogP contribution in [0.1, 0.15) is 61.0 Å². The van der Waals surface area contributed by atoms with Gasteiger partial charge in [0.1, 0.15) is 17.4 Å². The van der Waals surface area contributed by atoms with Crippen LogP contribution >= 0.6 is 11.3 Å². The lowest BCUT2D eigenvalue weighted by atomic mass is 9.95. The summed E-state index contributed by atoms with van der Waals surface area (Å²) in [5.41, 5.74) is 3.49. The molecule has 2 heterocycles. The molecule has 4 rings (SSSR count).